The van der Waals surface area contributed by atoms with E-state index in [0.29, 0.717) is 15.6 Å². The van der Waals surface area contributed by atoms with E-state index in [0.717, 1.165) is 11.3 Å². The second-order valence-electron chi connectivity index (χ2n) is 5.61. The number of amides is 1. The molecule has 3 rings (SSSR count). The number of methoxy groups -OCH3 is 1. The lowest BCUT2D eigenvalue weighted by atomic mass is 10.2. The van der Waals surface area contributed by atoms with Gasteiger partial charge in [0.15, 0.2) is 16.7 Å². The van der Waals surface area contributed by atoms with Gasteiger partial charge < -0.3 is 14.8 Å². The first-order valence-electron chi connectivity index (χ1n) is 7.93. The van der Waals surface area contributed by atoms with Gasteiger partial charge in [0.05, 0.1) is 17.7 Å². The maximum atomic E-state index is 12.4. The second kappa shape index (κ2) is 8.22. The van der Waals surface area contributed by atoms with Crippen molar-refractivity contribution >= 4 is 34.6 Å². The molecular weight excluding hydrogens is 374 g/mol. The summed E-state index contributed by atoms with van der Waals surface area (Å²) in [5.74, 6) is -0.195. The van der Waals surface area contributed by atoms with Gasteiger partial charge >= 0.3 is 6.61 Å². The summed E-state index contributed by atoms with van der Waals surface area (Å²) in [6.45, 7) is -0.982. The van der Waals surface area contributed by atoms with Crippen LogP contribution in [0.15, 0.2) is 52.4 Å². The molecule has 2 aromatic rings. The lowest BCUT2D eigenvalue weighted by Gasteiger charge is -2.10. The Bertz CT molecular complexity index is 929. The number of nitrogens with one attached hydrogen (secondary N) is 1. The molecule has 1 heterocycles. The predicted molar refractivity (Wildman–Crippen MR) is 102 cm³/mol. The molecule has 0 bridgehead atoms. The molecule has 27 heavy (non-hydrogen) atoms. The normalized spacial score (nSPS) is 16.9. The summed E-state index contributed by atoms with van der Waals surface area (Å²) >= 11 is 1.20. The largest absolute Gasteiger partial charge is 0.493 e. The van der Waals surface area contributed by atoms with Crippen molar-refractivity contribution in [1.29, 1.82) is 0 Å². The first kappa shape index (κ1) is 18.9. The lowest BCUT2D eigenvalue weighted by Crippen LogP contribution is -2.19. The summed E-state index contributed by atoms with van der Waals surface area (Å²) in [4.78, 5) is 17.0. The monoisotopic (exact) mass is 390 g/mol. The molecule has 1 N–H and O–H groups in total. The molecule has 1 saturated heterocycles. The molecule has 140 valence electrons. The van der Waals surface area contributed by atoms with Crippen molar-refractivity contribution in [2.45, 2.75) is 13.5 Å². The van der Waals surface area contributed by atoms with Crippen LogP contribution in [0.5, 0.6) is 11.5 Å². The Labute approximate surface area is 159 Å². The zero-order valence-corrected chi connectivity index (χ0v) is 15.3. The minimum absolute atomic E-state index is 0.0696. The molecule has 0 atom stereocenters. The number of thioether (sulfide) groups is 1. The molecular formula is C19H16F2N2O3S. The maximum absolute atomic E-state index is 12.4. The SMILES string of the molecule is COc1cc(/C=C2\SC(=Nc3cccc(C)c3)NC2=O)ccc1OC(F)F. The highest BCUT2D eigenvalue weighted by Gasteiger charge is 2.24. The molecule has 0 spiro atoms. The molecule has 0 aliphatic carbocycles. The van der Waals surface area contributed by atoms with Gasteiger partial charge in [-0.15, -0.1) is 0 Å². The number of aryl methyl sites for hydroxylation is 1. The summed E-state index contributed by atoms with van der Waals surface area (Å²) in [6.07, 6.45) is 1.63. The summed E-state index contributed by atoms with van der Waals surface area (Å²) < 4.78 is 34.3. The van der Waals surface area contributed by atoms with Crippen LogP contribution in [0.3, 0.4) is 0 Å². The van der Waals surface area contributed by atoms with E-state index in [9.17, 15) is 13.6 Å². The van der Waals surface area contributed by atoms with Gasteiger partial charge in [-0.3, -0.25) is 4.79 Å². The second-order valence-corrected chi connectivity index (χ2v) is 6.64. The van der Waals surface area contributed by atoms with Gasteiger partial charge in [-0.1, -0.05) is 18.2 Å². The Balaban J connectivity index is 1.82. The lowest BCUT2D eigenvalue weighted by molar-refractivity contribution is -0.115. The molecule has 0 unspecified atom stereocenters. The highest BCUT2D eigenvalue weighted by atomic mass is 32.2. The Kier molecular flexibility index (Phi) is 5.75. The summed E-state index contributed by atoms with van der Waals surface area (Å²) in [7, 11) is 1.36. The maximum Gasteiger partial charge on any atom is 0.387 e. The number of ether oxygens (including phenoxy) is 2. The van der Waals surface area contributed by atoms with Crippen LogP contribution in [0.1, 0.15) is 11.1 Å². The van der Waals surface area contributed by atoms with Gasteiger partial charge in [-0.05, 0) is 60.2 Å². The van der Waals surface area contributed by atoms with Crippen molar-refractivity contribution in [1.82, 2.24) is 5.32 Å². The minimum atomic E-state index is -2.94. The van der Waals surface area contributed by atoms with Crippen LogP contribution in [-0.2, 0) is 4.79 Å². The zero-order chi connectivity index (χ0) is 19.4. The highest BCUT2D eigenvalue weighted by molar-refractivity contribution is 8.18. The molecule has 0 saturated carbocycles. The van der Waals surface area contributed by atoms with E-state index in [1.165, 1.54) is 31.0 Å². The molecule has 5 nitrogen and oxygen atoms in total. The van der Waals surface area contributed by atoms with E-state index in [1.807, 2.05) is 31.2 Å². The molecule has 0 aromatic heterocycles. The third-order valence-corrected chi connectivity index (χ3v) is 4.49. The Morgan fingerprint density at radius 1 is 1.19 bits per heavy atom. The van der Waals surface area contributed by atoms with E-state index < -0.39 is 6.61 Å². The molecule has 1 aliphatic heterocycles. The van der Waals surface area contributed by atoms with Crippen molar-refractivity contribution in [3.05, 3.63) is 58.5 Å². The quantitative estimate of drug-likeness (QED) is 0.764. The molecule has 1 aliphatic rings. The standard InChI is InChI=1S/C19H16F2N2O3S/c1-11-4-3-5-13(8-11)22-19-23-17(24)16(27-19)10-12-6-7-14(26-18(20)21)15(9-12)25-2/h3-10,18H,1-2H3,(H,22,23,24)/b16-10-. The first-order valence-corrected chi connectivity index (χ1v) is 8.75. The number of nitrogens with zero attached hydrogens (tertiary/aromatic N) is 1. The summed E-state index contributed by atoms with van der Waals surface area (Å²) in [5.41, 5.74) is 2.43. The van der Waals surface area contributed by atoms with Gasteiger partial charge in [-0.25, -0.2) is 4.99 Å². The van der Waals surface area contributed by atoms with E-state index in [1.54, 1.807) is 12.1 Å². The van der Waals surface area contributed by atoms with Gasteiger partial charge in [0, 0.05) is 0 Å². The molecule has 2 aromatic carbocycles. The number of hydrogen-bond donors (Lipinski definition) is 1. The van der Waals surface area contributed by atoms with E-state index in [-0.39, 0.29) is 17.4 Å². The minimum Gasteiger partial charge on any atom is -0.493 e. The van der Waals surface area contributed by atoms with Crippen LogP contribution < -0.4 is 14.8 Å². The number of benzene rings is 2. The Morgan fingerprint density at radius 3 is 2.70 bits per heavy atom. The molecule has 0 radical (unpaired) electrons. The summed E-state index contributed by atoms with van der Waals surface area (Å²) in [6, 6.07) is 12.1. The van der Waals surface area contributed by atoms with Crippen molar-refractivity contribution in [3.8, 4) is 11.5 Å². The van der Waals surface area contributed by atoms with E-state index in [4.69, 9.17) is 4.74 Å². The highest BCUT2D eigenvalue weighted by Crippen LogP contribution is 2.33. The fourth-order valence-corrected chi connectivity index (χ4v) is 3.26. The molecule has 8 heteroatoms. The number of halogens is 2. The van der Waals surface area contributed by atoms with E-state index in [2.05, 4.69) is 15.0 Å². The number of alkyl halides is 2. The average Bonchev–Trinajstić information content (AvgIpc) is 2.95. The Hall–Kier alpha value is -2.87. The zero-order valence-electron chi connectivity index (χ0n) is 14.5. The van der Waals surface area contributed by atoms with Crippen LogP contribution >= 0.6 is 11.8 Å². The average molecular weight is 390 g/mol. The van der Waals surface area contributed by atoms with Crippen LogP contribution in [0.2, 0.25) is 0 Å². The van der Waals surface area contributed by atoms with Crippen LogP contribution in [-0.4, -0.2) is 24.8 Å². The van der Waals surface area contributed by atoms with Crippen molar-refractivity contribution in [2.75, 3.05) is 7.11 Å². The van der Waals surface area contributed by atoms with Crippen LogP contribution in [0.25, 0.3) is 6.08 Å². The van der Waals surface area contributed by atoms with Crippen molar-refractivity contribution in [3.63, 3.8) is 0 Å². The number of hydrogen-bond acceptors (Lipinski definition) is 5. The smallest absolute Gasteiger partial charge is 0.387 e. The third-order valence-electron chi connectivity index (χ3n) is 3.58. The fourth-order valence-electron chi connectivity index (χ4n) is 2.41. The fraction of sp³-hybridized carbons (Fsp3) is 0.158. The topological polar surface area (TPSA) is 59.9 Å². The van der Waals surface area contributed by atoms with Gasteiger partial charge in [0.25, 0.3) is 5.91 Å². The van der Waals surface area contributed by atoms with Crippen molar-refractivity contribution in [2.24, 2.45) is 4.99 Å². The Morgan fingerprint density at radius 2 is 2.00 bits per heavy atom. The number of amidine groups is 1. The number of rotatable bonds is 5. The number of aliphatic imine (C=N–C) groups is 1. The van der Waals surface area contributed by atoms with E-state index >= 15 is 0 Å². The summed E-state index contributed by atoms with van der Waals surface area (Å²) in [5, 5.41) is 3.18. The van der Waals surface area contributed by atoms with Gasteiger partial charge in [0.1, 0.15) is 0 Å². The molecule has 1 fully saturated rings. The van der Waals surface area contributed by atoms with Gasteiger partial charge in [0.2, 0.25) is 0 Å². The van der Waals surface area contributed by atoms with Crippen LogP contribution in [0.4, 0.5) is 14.5 Å². The van der Waals surface area contributed by atoms with Crippen molar-refractivity contribution < 1.29 is 23.0 Å². The molecule has 1 amide bonds. The first-order chi connectivity index (χ1) is 12.9. The predicted octanol–water partition coefficient (Wildman–Crippen LogP) is 4.50. The van der Waals surface area contributed by atoms with Gasteiger partial charge in [-0.2, -0.15) is 8.78 Å². The number of carbonyl (C=O) groups excluding carboxylic acids is 1. The number of carbonyl (C=O) groups is 1. The third kappa shape index (κ3) is 4.85. The van der Waals surface area contributed by atoms with Crippen LogP contribution in [0, 0.1) is 6.92 Å².